The van der Waals surface area contributed by atoms with Crippen molar-refractivity contribution in [3.8, 4) is 0 Å². The first-order valence-electron chi connectivity index (χ1n) is 9.68. The van der Waals surface area contributed by atoms with Crippen LogP contribution in [0.4, 0.5) is 0 Å². The Morgan fingerprint density at radius 3 is 2.17 bits per heavy atom. The van der Waals surface area contributed by atoms with E-state index in [2.05, 4.69) is 25.5 Å². The highest BCUT2D eigenvalue weighted by Crippen LogP contribution is 2.26. The SMILES string of the molecule is CC(C)n1c(=O)sc2cc(S(=O)(=O)N[C@H](C)c3ccc(C(C)(C)C)cc3)ccc21. The second kappa shape index (κ2) is 7.70. The number of nitrogens with one attached hydrogen (secondary N) is 1. The molecule has 0 saturated carbocycles. The molecule has 1 atom stereocenters. The van der Waals surface area contributed by atoms with Gasteiger partial charge in [-0.05, 0) is 55.5 Å². The van der Waals surface area contributed by atoms with Crippen LogP contribution in [0.5, 0.6) is 0 Å². The molecule has 2 aromatic carbocycles. The van der Waals surface area contributed by atoms with Crippen LogP contribution < -0.4 is 9.60 Å². The molecule has 7 heteroatoms. The number of thiazole rings is 1. The molecule has 0 aliphatic heterocycles. The average Bonchev–Trinajstić information content (AvgIpc) is 2.95. The van der Waals surface area contributed by atoms with Crippen molar-refractivity contribution < 1.29 is 8.42 Å². The summed E-state index contributed by atoms with van der Waals surface area (Å²) in [6.07, 6.45) is 0. The minimum Gasteiger partial charge on any atom is -0.296 e. The molecule has 0 bridgehead atoms. The van der Waals surface area contributed by atoms with E-state index < -0.39 is 10.0 Å². The normalized spacial score (nSPS) is 13.9. The summed E-state index contributed by atoms with van der Waals surface area (Å²) in [4.78, 5) is 12.3. The van der Waals surface area contributed by atoms with E-state index in [0.29, 0.717) is 4.70 Å². The summed E-state index contributed by atoms with van der Waals surface area (Å²) >= 11 is 1.07. The molecular formula is C22H28N2O3S2. The fraction of sp³-hybridized carbons (Fsp3) is 0.409. The van der Waals surface area contributed by atoms with Crippen molar-refractivity contribution in [2.45, 2.75) is 63.9 Å². The number of aromatic nitrogens is 1. The maximum atomic E-state index is 12.9. The van der Waals surface area contributed by atoms with Crippen molar-refractivity contribution in [2.75, 3.05) is 0 Å². The number of hydrogen-bond acceptors (Lipinski definition) is 4. The Labute approximate surface area is 176 Å². The number of rotatable bonds is 5. The minimum absolute atomic E-state index is 0.0212. The van der Waals surface area contributed by atoms with Crippen LogP contribution in [0.25, 0.3) is 10.2 Å². The lowest BCUT2D eigenvalue weighted by atomic mass is 9.86. The molecule has 0 aliphatic rings. The molecule has 1 aromatic heterocycles. The van der Waals surface area contributed by atoms with Crippen LogP contribution in [-0.4, -0.2) is 13.0 Å². The van der Waals surface area contributed by atoms with Gasteiger partial charge in [0.1, 0.15) is 0 Å². The Morgan fingerprint density at radius 1 is 1.00 bits per heavy atom. The maximum absolute atomic E-state index is 12.9. The first-order valence-corrected chi connectivity index (χ1v) is 12.0. The number of sulfonamides is 1. The van der Waals surface area contributed by atoms with Gasteiger partial charge in [0.2, 0.25) is 10.0 Å². The van der Waals surface area contributed by atoms with Crippen molar-refractivity contribution in [3.05, 3.63) is 63.3 Å². The third-order valence-corrected chi connectivity index (χ3v) is 7.48. The largest absolute Gasteiger partial charge is 0.308 e. The summed E-state index contributed by atoms with van der Waals surface area (Å²) in [5, 5.41) is 0. The van der Waals surface area contributed by atoms with Crippen LogP contribution in [0.3, 0.4) is 0 Å². The lowest BCUT2D eigenvalue weighted by molar-refractivity contribution is 0.566. The molecule has 0 aliphatic carbocycles. The van der Waals surface area contributed by atoms with E-state index in [1.165, 1.54) is 5.56 Å². The first-order chi connectivity index (χ1) is 13.4. The summed E-state index contributed by atoms with van der Waals surface area (Å²) in [5.74, 6) is 0. The molecule has 0 radical (unpaired) electrons. The van der Waals surface area contributed by atoms with E-state index in [4.69, 9.17) is 0 Å². The monoisotopic (exact) mass is 432 g/mol. The number of benzene rings is 2. The third kappa shape index (κ3) is 4.47. The van der Waals surface area contributed by atoms with Gasteiger partial charge in [-0.1, -0.05) is 56.4 Å². The van der Waals surface area contributed by atoms with Gasteiger partial charge in [-0.25, -0.2) is 13.1 Å². The van der Waals surface area contributed by atoms with E-state index in [1.54, 1.807) is 22.8 Å². The zero-order valence-electron chi connectivity index (χ0n) is 17.7. The van der Waals surface area contributed by atoms with Gasteiger partial charge in [0.15, 0.2) is 0 Å². The summed E-state index contributed by atoms with van der Waals surface area (Å²) in [6.45, 7) is 12.1. The zero-order valence-corrected chi connectivity index (χ0v) is 19.3. The maximum Gasteiger partial charge on any atom is 0.308 e. The van der Waals surface area contributed by atoms with E-state index in [1.807, 2.05) is 45.0 Å². The Morgan fingerprint density at radius 2 is 1.62 bits per heavy atom. The lowest BCUT2D eigenvalue weighted by Gasteiger charge is -2.20. The smallest absolute Gasteiger partial charge is 0.296 e. The average molecular weight is 433 g/mol. The molecule has 3 aromatic rings. The minimum atomic E-state index is -3.72. The lowest BCUT2D eigenvalue weighted by Crippen LogP contribution is -2.27. The fourth-order valence-corrected chi connectivity index (χ4v) is 5.70. The van der Waals surface area contributed by atoms with E-state index in [-0.39, 0.29) is 27.3 Å². The van der Waals surface area contributed by atoms with Gasteiger partial charge < -0.3 is 0 Å². The van der Waals surface area contributed by atoms with Gasteiger partial charge in [-0.15, -0.1) is 0 Å². The molecule has 3 rings (SSSR count). The van der Waals surface area contributed by atoms with Gasteiger partial charge >= 0.3 is 4.87 Å². The molecule has 156 valence electrons. The predicted octanol–water partition coefficient (Wildman–Crippen LogP) is 4.98. The molecule has 0 unspecified atom stereocenters. The first kappa shape index (κ1) is 21.7. The standard InChI is InChI=1S/C22H28N2O3S2/c1-14(2)24-19-12-11-18(13-20(19)28-21(24)25)29(26,27)23-15(3)16-7-9-17(10-8-16)22(4,5)6/h7-15,23H,1-6H3/t15-/m1/s1. The van der Waals surface area contributed by atoms with Gasteiger partial charge in [0.25, 0.3) is 0 Å². The topological polar surface area (TPSA) is 68.2 Å². The molecule has 0 spiro atoms. The van der Waals surface area contributed by atoms with Crippen molar-refractivity contribution in [3.63, 3.8) is 0 Å². The predicted molar refractivity (Wildman–Crippen MR) is 120 cm³/mol. The highest BCUT2D eigenvalue weighted by molar-refractivity contribution is 7.89. The van der Waals surface area contributed by atoms with Crippen LogP contribution in [0.15, 0.2) is 52.2 Å². The highest BCUT2D eigenvalue weighted by Gasteiger charge is 2.21. The van der Waals surface area contributed by atoms with Crippen molar-refractivity contribution in [1.29, 1.82) is 0 Å². The zero-order chi connectivity index (χ0) is 21.6. The van der Waals surface area contributed by atoms with Gasteiger partial charge in [-0.2, -0.15) is 0 Å². The Bertz CT molecular complexity index is 1180. The second-order valence-corrected chi connectivity index (χ2v) is 11.4. The van der Waals surface area contributed by atoms with Crippen LogP contribution in [0.1, 0.15) is 64.8 Å². The Balaban J connectivity index is 1.88. The molecule has 1 heterocycles. The third-order valence-electron chi connectivity index (χ3n) is 5.02. The summed E-state index contributed by atoms with van der Waals surface area (Å²) in [7, 11) is -3.72. The number of hydrogen-bond donors (Lipinski definition) is 1. The van der Waals surface area contributed by atoms with Gasteiger partial charge in [0, 0.05) is 12.1 Å². The molecule has 0 fully saturated rings. The van der Waals surface area contributed by atoms with Crippen LogP contribution in [0, 0.1) is 0 Å². The molecule has 29 heavy (non-hydrogen) atoms. The van der Waals surface area contributed by atoms with Crippen molar-refractivity contribution >= 4 is 31.6 Å². The Hall–Kier alpha value is -1.96. The summed E-state index contributed by atoms with van der Waals surface area (Å²) < 4.78 is 30.9. The number of fused-ring (bicyclic) bond motifs is 1. The molecule has 5 nitrogen and oxygen atoms in total. The summed E-state index contributed by atoms with van der Waals surface area (Å²) in [5.41, 5.74) is 2.91. The van der Waals surface area contributed by atoms with E-state index in [0.717, 1.165) is 22.4 Å². The van der Waals surface area contributed by atoms with Crippen LogP contribution >= 0.6 is 11.3 Å². The fourth-order valence-electron chi connectivity index (χ4n) is 3.31. The highest BCUT2D eigenvalue weighted by atomic mass is 32.2. The molecular weight excluding hydrogens is 404 g/mol. The van der Waals surface area contributed by atoms with Crippen LogP contribution in [-0.2, 0) is 15.4 Å². The van der Waals surface area contributed by atoms with E-state index >= 15 is 0 Å². The summed E-state index contributed by atoms with van der Waals surface area (Å²) in [6, 6.07) is 12.5. The molecule has 0 saturated heterocycles. The quantitative estimate of drug-likeness (QED) is 0.618. The van der Waals surface area contributed by atoms with Gasteiger partial charge in [-0.3, -0.25) is 9.36 Å². The molecule has 0 amide bonds. The second-order valence-electron chi connectivity index (χ2n) is 8.68. The molecule has 1 N–H and O–H groups in total. The number of nitrogens with zero attached hydrogens (tertiary/aromatic N) is 1. The Kier molecular flexibility index (Phi) is 5.77. The van der Waals surface area contributed by atoms with Gasteiger partial charge in [0.05, 0.1) is 15.1 Å². The van der Waals surface area contributed by atoms with Crippen molar-refractivity contribution in [1.82, 2.24) is 9.29 Å². The van der Waals surface area contributed by atoms with Crippen molar-refractivity contribution in [2.24, 2.45) is 0 Å². The van der Waals surface area contributed by atoms with E-state index in [9.17, 15) is 13.2 Å². The van der Waals surface area contributed by atoms with Crippen LogP contribution in [0.2, 0.25) is 0 Å².